The van der Waals surface area contributed by atoms with Crippen molar-refractivity contribution in [2.24, 2.45) is 0 Å². The number of aromatic nitrogens is 1. The summed E-state index contributed by atoms with van der Waals surface area (Å²) in [5, 5.41) is 0. The number of para-hydroxylation sites is 1. The Kier molecular flexibility index (Phi) is 2.88. The first-order valence-electron chi connectivity index (χ1n) is 7.39. The fourth-order valence-electron chi connectivity index (χ4n) is 3.24. The van der Waals surface area contributed by atoms with Gasteiger partial charge in [0.05, 0.1) is 17.8 Å². The SMILES string of the molecule is O=C1c2cccnc2CN1CCN1CCc2ccccc21. The Labute approximate surface area is 124 Å². The molecule has 4 nitrogen and oxygen atoms in total. The number of amides is 1. The van der Waals surface area contributed by atoms with Crippen LogP contribution in [-0.4, -0.2) is 35.4 Å². The van der Waals surface area contributed by atoms with Gasteiger partial charge in [-0.15, -0.1) is 0 Å². The minimum Gasteiger partial charge on any atom is -0.369 e. The fourth-order valence-corrected chi connectivity index (χ4v) is 3.24. The molecular weight excluding hydrogens is 262 g/mol. The van der Waals surface area contributed by atoms with Crippen molar-refractivity contribution in [3.63, 3.8) is 0 Å². The van der Waals surface area contributed by atoms with Crippen molar-refractivity contribution >= 4 is 11.6 Å². The van der Waals surface area contributed by atoms with Crippen molar-refractivity contribution in [3.8, 4) is 0 Å². The summed E-state index contributed by atoms with van der Waals surface area (Å²) in [6.07, 6.45) is 2.86. The summed E-state index contributed by atoms with van der Waals surface area (Å²) in [4.78, 5) is 20.9. The molecule has 106 valence electrons. The number of fused-ring (bicyclic) bond motifs is 2. The van der Waals surface area contributed by atoms with Crippen LogP contribution in [0.4, 0.5) is 5.69 Å². The van der Waals surface area contributed by atoms with E-state index in [1.807, 2.05) is 17.0 Å². The van der Waals surface area contributed by atoms with E-state index in [0.717, 1.165) is 37.3 Å². The molecule has 21 heavy (non-hydrogen) atoms. The standard InChI is InChI=1S/C17H17N3O/c21-17-14-5-3-8-18-15(14)12-20(17)11-10-19-9-7-13-4-1-2-6-16(13)19/h1-6,8H,7,9-12H2. The van der Waals surface area contributed by atoms with Crippen LogP contribution in [0.3, 0.4) is 0 Å². The van der Waals surface area contributed by atoms with Crippen LogP contribution < -0.4 is 4.90 Å². The Hall–Kier alpha value is -2.36. The molecular formula is C17H17N3O. The predicted molar refractivity (Wildman–Crippen MR) is 81.3 cm³/mol. The molecule has 3 heterocycles. The number of pyridine rings is 1. The minimum atomic E-state index is 0.116. The van der Waals surface area contributed by atoms with Gasteiger partial charge in [-0.3, -0.25) is 9.78 Å². The third-order valence-corrected chi connectivity index (χ3v) is 4.37. The summed E-state index contributed by atoms with van der Waals surface area (Å²) >= 11 is 0. The average molecular weight is 279 g/mol. The van der Waals surface area contributed by atoms with E-state index < -0.39 is 0 Å². The van der Waals surface area contributed by atoms with Gasteiger partial charge < -0.3 is 9.80 Å². The number of hydrogen-bond donors (Lipinski definition) is 0. The molecule has 0 bridgehead atoms. The Bertz CT molecular complexity index is 698. The number of anilines is 1. The van der Waals surface area contributed by atoms with E-state index in [1.165, 1.54) is 11.3 Å². The van der Waals surface area contributed by atoms with Crippen molar-refractivity contribution in [2.45, 2.75) is 13.0 Å². The van der Waals surface area contributed by atoms with Gasteiger partial charge in [0.2, 0.25) is 0 Å². The van der Waals surface area contributed by atoms with Gasteiger partial charge in [-0.25, -0.2) is 0 Å². The lowest BCUT2D eigenvalue weighted by Crippen LogP contribution is -2.34. The second-order valence-electron chi connectivity index (χ2n) is 5.59. The molecule has 0 atom stereocenters. The maximum Gasteiger partial charge on any atom is 0.256 e. The largest absolute Gasteiger partial charge is 0.369 e. The Morgan fingerprint density at radius 3 is 2.81 bits per heavy atom. The van der Waals surface area contributed by atoms with Gasteiger partial charge >= 0.3 is 0 Å². The zero-order valence-electron chi connectivity index (χ0n) is 11.8. The minimum absolute atomic E-state index is 0.116. The van der Waals surface area contributed by atoms with Crippen LogP contribution in [0.1, 0.15) is 21.6 Å². The first-order valence-corrected chi connectivity index (χ1v) is 7.39. The number of carbonyl (C=O) groups excluding carboxylic acids is 1. The second kappa shape index (κ2) is 4.88. The Balaban J connectivity index is 1.44. The first-order chi connectivity index (χ1) is 10.3. The number of rotatable bonds is 3. The summed E-state index contributed by atoms with van der Waals surface area (Å²) in [6.45, 7) is 3.33. The third-order valence-electron chi connectivity index (χ3n) is 4.37. The molecule has 1 amide bonds. The van der Waals surface area contributed by atoms with Gasteiger partial charge in [0.25, 0.3) is 5.91 Å². The smallest absolute Gasteiger partial charge is 0.256 e. The van der Waals surface area contributed by atoms with E-state index in [1.54, 1.807) is 6.20 Å². The maximum absolute atomic E-state index is 12.3. The number of hydrogen-bond acceptors (Lipinski definition) is 3. The lowest BCUT2D eigenvalue weighted by atomic mass is 10.2. The highest BCUT2D eigenvalue weighted by atomic mass is 16.2. The highest BCUT2D eigenvalue weighted by Gasteiger charge is 2.28. The average Bonchev–Trinajstić information content (AvgIpc) is 3.07. The van der Waals surface area contributed by atoms with E-state index in [2.05, 4.69) is 34.1 Å². The van der Waals surface area contributed by atoms with E-state index in [0.29, 0.717) is 6.54 Å². The van der Waals surface area contributed by atoms with Crippen molar-refractivity contribution in [1.82, 2.24) is 9.88 Å². The molecule has 2 aromatic rings. The van der Waals surface area contributed by atoms with Crippen LogP contribution in [-0.2, 0) is 13.0 Å². The zero-order chi connectivity index (χ0) is 14.2. The van der Waals surface area contributed by atoms with Gasteiger partial charge in [-0.2, -0.15) is 0 Å². The fraction of sp³-hybridized carbons (Fsp3) is 0.294. The molecule has 0 spiro atoms. The lowest BCUT2D eigenvalue weighted by molar-refractivity contribution is 0.0782. The van der Waals surface area contributed by atoms with Crippen LogP contribution in [0, 0.1) is 0 Å². The number of carbonyl (C=O) groups is 1. The van der Waals surface area contributed by atoms with Gasteiger partial charge in [0, 0.05) is 31.5 Å². The summed E-state index contributed by atoms with van der Waals surface area (Å²) in [5.74, 6) is 0.116. The molecule has 1 aromatic carbocycles. The van der Waals surface area contributed by atoms with Crippen LogP contribution >= 0.6 is 0 Å². The van der Waals surface area contributed by atoms with Crippen LogP contribution in [0.25, 0.3) is 0 Å². The maximum atomic E-state index is 12.3. The quantitative estimate of drug-likeness (QED) is 0.863. The molecule has 0 aliphatic carbocycles. The van der Waals surface area contributed by atoms with Crippen LogP contribution in [0.2, 0.25) is 0 Å². The van der Waals surface area contributed by atoms with Gasteiger partial charge in [0.1, 0.15) is 0 Å². The van der Waals surface area contributed by atoms with E-state index in [9.17, 15) is 4.79 Å². The molecule has 0 saturated carbocycles. The molecule has 0 radical (unpaired) electrons. The van der Waals surface area contributed by atoms with Crippen molar-refractivity contribution in [2.75, 3.05) is 24.5 Å². The molecule has 0 fully saturated rings. The highest BCUT2D eigenvalue weighted by molar-refractivity contribution is 5.97. The molecule has 0 unspecified atom stereocenters. The van der Waals surface area contributed by atoms with E-state index >= 15 is 0 Å². The van der Waals surface area contributed by atoms with Crippen molar-refractivity contribution in [3.05, 3.63) is 59.4 Å². The molecule has 4 rings (SSSR count). The van der Waals surface area contributed by atoms with Crippen molar-refractivity contribution in [1.29, 1.82) is 0 Å². The molecule has 1 aromatic heterocycles. The predicted octanol–water partition coefficient (Wildman–Crippen LogP) is 2.10. The molecule has 2 aliphatic rings. The lowest BCUT2D eigenvalue weighted by Gasteiger charge is -2.23. The van der Waals surface area contributed by atoms with Gasteiger partial charge in [0.15, 0.2) is 0 Å². The third kappa shape index (κ3) is 2.07. The molecule has 4 heteroatoms. The molecule has 2 aliphatic heterocycles. The van der Waals surface area contributed by atoms with Crippen LogP contribution in [0.5, 0.6) is 0 Å². The second-order valence-corrected chi connectivity index (χ2v) is 5.59. The summed E-state index contributed by atoms with van der Waals surface area (Å²) in [5.41, 5.74) is 4.40. The monoisotopic (exact) mass is 279 g/mol. The van der Waals surface area contributed by atoms with Gasteiger partial charge in [-0.05, 0) is 30.2 Å². The zero-order valence-corrected chi connectivity index (χ0v) is 11.8. The Morgan fingerprint density at radius 2 is 1.90 bits per heavy atom. The van der Waals surface area contributed by atoms with Crippen LogP contribution in [0.15, 0.2) is 42.6 Å². The van der Waals surface area contributed by atoms with Gasteiger partial charge in [-0.1, -0.05) is 18.2 Å². The number of nitrogens with zero attached hydrogens (tertiary/aromatic N) is 3. The molecule has 0 saturated heterocycles. The topological polar surface area (TPSA) is 36.4 Å². The Morgan fingerprint density at radius 1 is 1.05 bits per heavy atom. The van der Waals surface area contributed by atoms with E-state index in [-0.39, 0.29) is 5.91 Å². The molecule has 0 N–H and O–H groups in total. The highest BCUT2D eigenvalue weighted by Crippen LogP contribution is 2.27. The van der Waals surface area contributed by atoms with E-state index in [4.69, 9.17) is 0 Å². The first kappa shape index (κ1) is 12.4. The normalized spacial score (nSPS) is 16.3. The summed E-state index contributed by atoms with van der Waals surface area (Å²) < 4.78 is 0. The summed E-state index contributed by atoms with van der Waals surface area (Å²) in [6, 6.07) is 12.2. The summed E-state index contributed by atoms with van der Waals surface area (Å²) in [7, 11) is 0. The van der Waals surface area contributed by atoms with Crippen molar-refractivity contribution < 1.29 is 4.79 Å². The number of benzene rings is 1.